The van der Waals surface area contributed by atoms with Gasteiger partial charge in [-0.3, -0.25) is 9.59 Å². The van der Waals surface area contributed by atoms with Gasteiger partial charge < -0.3 is 10.2 Å². The van der Waals surface area contributed by atoms with Gasteiger partial charge in [0.15, 0.2) is 0 Å². The fourth-order valence-electron chi connectivity index (χ4n) is 2.96. The van der Waals surface area contributed by atoms with Crippen molar-refractivity contribution in [3.63, 3.8) is 0 Å². The highest BCUT2D eigenvalue weighted by Gasteiger charge is 2.28. The van der Waals surface area contributed by atoms with Crippen molar-refractivity contribution in [3.05, 3.63) is 51.7 Å². The Hall–Kier alpha value is -2.28. The minimum Gasteiger partial charge on any atom is -0.350 e. The summed E-state index contributed by atoms with van der Waals surface area (Å²) in [6, 6.07) is 5.51. The van der Waals surface area contributed by atoms with Gasteiger partial charge in [0.2, 0.25) is 5.91 Å². The molecule has 1 saturated heterocycles. The van der Waals surface area contributed by atoms with Crippen LogP contribution in [0.1, 0.15) is 33.9 Å². The number of rotatable bonds is 4. The van der Waals surface area contributed by atoms with Crippen molar-refractivity contribution < 1.29 is 14.0 Å². The van der Waals surface area contributed by atoms with E-state index in [2.05, 4.69) is 10.3 Å². The molecule has 2 aromatic rings. The van der Waals surface area contributed by atoms with Gasteiger partial charge in [-0.1, -0.05) is 0 Å². The molecule has 0 saturated carbocycles. The summed E-state index contributed by atoms with van der Waals surface area (Å²) in [5.74, 6) is -0.808. The number of piperidine rings is 1. The molecule has 1 N–H and O–H groups in total. The maximum absolute atomic E-state index is 13.0. The van der Waals surface area contributed by atoms with Gasteiger partial charge in [0, 0.05) is 24.0 Å². The summed E-state index contributed by atoms with van der Waals surface area (Å²) in [6.07, 6.45) is 1.54. The number of carbonyl (C=O) groups is 2. The first-order valence-corrected chi connectivity index (χ1v) is 9.14. The van der Waals surface area contributed by atoms with Gasteiger partial charge in [-0.05, 0) is 44.0 Å². The SMILES string of the molecule is Cc1nc(CNC(=O)C2CCCN(C(=O)c3ccc(F)cc3)C2)cs1. The quantitative estimate of drug-likeness (QED) is 0.911. The molecule has 1 atom stereocenters. The van der Waals surface area contributed by atoms with E-state index in [0.29, 0.717) is 25.2 Å². The van der Waals surface area contributed by atoms with Gasteiger partial charge in [0.1, 0.15) is 5.82 Å². The molecule has 1 aromatic heterocycles. The standard InChI is InChI=1S/C18H20FN3O2S/c1-12-21-16(11-25-12)9-20-17(23)14-3-2-8-22(10-14)18(24)13-4-6-15(19)7-5-13/h4-7,11,14H,2-3,8-10H2,1H3,(H,20,23). The lowest BCUT2D eigenvalue weighted by atomic mass is 9.96. The minimum atomic E-state index is -0.371. The van der Waals surface area contributed by atoms with Gasteiger partial charge in [-0.15, -0.1) is 11.3 Å². The third-order valence-corrected chi connectivity index (χ3v) is 5.10. The van der Waals surface area contributed by atoms with Crippen LogP contribution in [0.15, 0.2) is 29.6 Å². The van der Waals surface area contributed by atoms with E-state index >= 15 is 0 Å². The van der Waals surface area contributed by atoms with E-state index in [1.807, 2.05) is 12.3 Å². The lowest BCUT2D eigenvalue weighted by Crippen LogP contribution is -2.45. The predicted octanol–water partition coefficient (Wildman–Crippen LogP) is 2.76. The molecule has 2 heterocycles. The number of hydrogen-bond donors (Lipinski definition) is 1. The number of nitrogens with zero attached hydrogens (tertiary/aromatic N) is 2. The van der Waals surface area contributed by atoms with Crippen LogP contribution in [0.2, 0.25) is 0 Å². The first-order valence-electron chi connectivity index (χ1n) is 8.26. The number of amides is 2. The maximum Gasteiger partial charge on any atom is 0.253 e. The zero-order chi connectivity index (χ0) is 17.8. The fourth-order valence-corrected chi connectivity index (χ4v) is 3.57. The van der Waals surface area contributed by atoms with Crippen molar-refractivity contribution in [2.45, 2.75) is 26.3 Å². The van der Waals surface area contributed by atoms with Crippen molar-refractivity contribution in [2.24, 2.45) is 5.92 Å². The smallest absolute Gasteiger partial charge is 0.253 e. The molecule has 25 heavy (non-hydrogen) atoms. The van der Waals surface area contributed by atoms with Crippen LogP contribution in [-0.2, 0) is 11.3 Å². The Labute approximate surface area is 149 Å². The Balaban J connectivity index is 1.57. The zero-order valence-corrected chi connectivity index (χ0v) is 14.8. The Kier molecular flexibility index (Phi) is 5.43. The Bertz CT molecular complexity index is 760. The second-order valence-electron chi connectivity index (χ2n) is 6.17. The summed E-state index contributed by atoms with van der Waals surface area (Å²) in [7, 11) is 0. The molecule has 0 aliphatic carbocycles. The fraction of sp³-hybridized carbons (Fsp3) is 0.389. The average molecular weight is 361 g/mol. The van der Waals surface area contributed by atoms with Crippen molar-refractivity contribution in [3.8, 4) is 0 Å². The first kappa shape index (κ1) is 17.5. The summed E-state index contributed by atoms with van der Waals surface area (Å²) < 4.78 is 13.0. The van der Waals surface area contributed by atoms with E-state index in [1.165, 1.54) is 24.3 Å². The number of nitrogens with one attached hydrogen (secondary N) is 1. The van der Waals surface area contributed by atoms with Crippen LogP contribution in [0, 0.1) is 18.7 Å². The highest BCUT2D eigenvalue weighted by molar-refractivity contribution is 7.09. The average Bonchev–Trinajstić information content (AvgIpc) is 3.05. The summed E-state index contributed by atoms with van der Waals surface area (Å²) in [6.45, 7) is 3.34. The monoisotopic (exact) mass is 361 g/mol. The number of benzene rings is 1. The number of thiazole rings is 1. The molecule has 0 radical (unpaired) electrons. The lowest BCUT2D eigenvalue weighted by molar-refractivity contribution is -0.126. The van der Waals surface area contributed by atoms with E-state index in [-0.39, 0.29) is 23.5 Å². The molecule has 1 aliphatic heterocycles. The number of likely N-dealkylation sites (tertiary alicyclic amines) is 1. The molecule has 1 unspecified atom stereocenters. The topological polar surface area (TPSA) is 62.3 Å². The van der Waals surface area contributed by atoms with Crippen LogP contribution >= 0.6 is 11.3 Å². The molecule has 1 fully saturated rings. The van der Waals surface area contributed by atoms with Crippen molar-refractivity contribution >= 4 is 23.2 Å². The van der Waals surface area contributed by atoms with Crippen molar-refractivity contribution in [1.82, 2.24) is 15.2 Å². The molecular weight excluding hydrogens is 341 g/mol. The van der Waals surface area contributed by atoms with Crippen LogP contribution < -0.4 is 5.32 Å². The molecular formula is C18H20FN3O2S. The second kappa shape index (κ2) is 7.74. The highest BCUT2D eigenvalue weighted by Crippen LogP contribution is 2.19. The summed E-state index contributed by atoms with van der Waals surface area (Å²) in [5, 5.41) is 5.81. The van der Waals surface area contributed by atoms with E-state index < -0.39 is 0 Å². The predicted molar refractivity (Wildman–Crippen MR) is 93.7 cm³/mol. The van der Waals surface area contributed by atoms with Crippen LogP contribution in [0.4, 0.5) is 4.39 Å². The summed E-state index contributed by atoms with van der Waals surface area (Å²) >= 11 is 1.55. The van der Waals surface area contributed by atoms with Gasteiger partial charge in [0.25, 0.3) is 5.91 Å². The molecule has 1 aliphatic rings. The van der Waals surface area contributed by atoms with Crippen LogP contribution in [0.3, 0.4) is 0 Å². The van der Waals surface area contributed by atoms with E-state index in [0.717, 1.165) is 23.5 Å². The van der Waals surface area contributed by atoms with Crippen molar-refractivity contribution in [1.29, 1.82) is 0 Å². The second-order valence-corrected chi connectivity index (χ2v) is 7.24. The molecule has 1 aromatic carbocycles. The first-order chi connectivity index (χ1) is 12.0. The van der Waals surface area contributed by atoms with Gasteiger partial charge >= 0.3 is 0 Å². The molecule has 3 rings (SSSR count). The largest absolute Gasteiger partial charge is 0.350 e. The third-order valence-electron chi connectivity index (χ3n) is 4.28. The number of aromatic nitrogens is 1. The molecule has 5 nitrogen and oxygen atoms in total. The maximum atomic E-state index is 13.0. The number of hydrogen-bond acceptors (Lipinski definition) is 4. The molecule has 7 heteroatoms. The van der Waals surface area contributed by atoms with Crippen LogP contribution in [0.5, 0.6) is 0 Å². The van der Waals surface area contributed by atoms with E-state index in [4.69, 9.17) is 0 Å². The Morgan fingerprint density at radius 2 is 2.12 bits per heavy atom. The zero-order valence-electron chi connectivity index (χ0n) is 14.0. The number of aryl methyl sites for hydroxylation is 1. The van der Waals surface area contributed by atoms with E-state index in [9.17, 15) is 14.0 Å². The Morgan fingerprint density at radius 3 is 2.80 bits per heavy atom. The minimum absolute atomic E-state index is 0.0535. The highest BCUT2D eigenvalue weighted by atomic mass is 32.1. The number of halogens is 1. The molecule has 0 bridgehead atoms. The Morgan fingerprint density at radius 1 is 1.36 bits per heavy atom. The number of carbonyl (C=O) groups excluding carboxylic acids is 2. The molecule has 0 spiro atoms. The molecule has 132 valence electrons. The summed E-state index contributed by atoms with van der Waals surface area (Å²) in [5.41, 5.74) is 1.30. The van der Waals surface area contributed by atoms with Crippen LogP contribution in [0.25, 0.3) is 0 Å². The summed E-state index contributed by atoms with van der Waals surface area (Å²) in [4.78, 5) is 30.9. The van der Waals surface area contributed by atoms with Crippen LogP contribution in [-0.4, -0.2) is 34.8 Å². The van der Waals surface area contributed by atoms with Gasteiger partial charge in [0.05, 0.1) is 23.2 Å². The van der Waals surface area contributed by atoms with Gasteiger partial charge in [-0.25, -0.2) is 9.37 Å². The molecule has 2 amide bonds. The lowest BCUT2D eigenvalue weighted by Gasteiger charge is -2.32. The van der Waals surface area contributed by atoms with E-state index in [1.54, 1.807) is 16.2 Å². The third kappa shape index (κ3) is 4.42. The normalized spacial score (nSPS) is 17.4. The van der Waals surface area contributed by atoms with Crippen molar-refractivity contribution in [2.75, 3.05) is 13.1 Å². The van der Waals surface area contributed by atoms with Gasteiger partial charge in [-0.2, -0.15) is 0 Å².